The molecule has 23 heavy (non-hydrogen) atoms. The fourth-order valence-corrected chi connectivity index (χ4v) is 3.39. The van der Waals surface area contributed by atoms with Gasteiger partial charge < -0.3 is 14.2 Å². The van der Waals surface area contributed by atoms with Gasteiger partial charge in [-0.1, -0.05) is 6.42 Å². The van der Waals surface area contributed by atoms with Crippen molar-refractivity contribution in [2.45, 2.75) is 77.2 Å². The molecule has 0 saturated carbocycles. The lowest BCUT2D eigenvalue weighted by Crippen LogP contribution is -2.41. The Morgan fingerprint density at radius 1 is 1.22 bits per heavy atom. The first-order chi connectivity index (χ1) is 10.8. The highest BCUT2D eigenvalue weighted by molar-refractivity contribution is 6.61. The summed E-state index contributed by atoms with van der Waals surface area (Å²) in [5, 5.41) is 4.50. The Kier molecular flexibility index (Phi) is 4.60. The molecule has 3 rings (SSSR count). The zero-order chi connectivity index (χ0) is 16.7. The van der Waals surface area contributed by atoms with Crippen molar-refractivity contribution in [2.75, 3.05) is 13.6 Å². The van der Waals surface area contributed by atoms with E-state index in [2.05, 4.69) is 50.9 Å². The summed E-state index contributed by atoms with van der Waals surface area (Å²) in [5.74, 6) is 0. The number of rotatable bonds is 4. The third kappa shape index (κ3) is 3.49. The molecule has 0 radical (unpaired) electrons. The van der Waals surface area contributed by atoms with Gasteiger partial charge in [-0.25, -0.2) is 0 Å². The normalized spacial score (nSPS) is 27.5. The molecule has 1 aromatic rings. The van der Waals surface area contributed by atoms with Gasteiger partial charge in [0.15, 0.2) is 0 Å². The number of piperidine rings is 1. The van der Waals surface area contributed by atoms with E-state index in [0.29, 0.717) is 6.04 Å². The van der Waals surface area contributed by atoms with Crippen LogP contribution in [-0.2, 0) is 15.9 Å². The molecule has 0 amide bonds. The number of aromatic nitrogens is 2. The van der Waals surface area contributed by atoms with Crippen molar-refractivity contribution in [3.8, 4) is 0 Å². The molecule has 2 aliphatic heterocycles. The molecule has 0 aromatic carbocycles. The second-order valence-corrected chi connectivity index (χ2v) is 8.04. The Hall–Kier alpha value is -0.845. The molecule has 0 bridgehead atoms. The Balaban J connectivity index is 1.58. The van der Waals surface area contributed by atoms with Crippen LogP contribution in [0, 0.1) is 0 Å². The summed E-state index contributed by atoms with van der Waals surface area (Å²) < 4.78 is 14.2. The van der Waals surface area contributed by atoms with E-state index in [1.807, 2.05) is 10.9 Å². The smallest absolute Gasteiger partial charge is 0.399 e. The van der Waals surface area contributed by atoms with E-state index >= 15 is 0 Å². The fourth-order valence-electron chi connectivity index (χ4n) is 3.39. The van der Waals surface area contributed by atoms with Crippen LogP contribution in [0.5, 0.6) is 0 Å². The molecule has 1 atom stereocenters. The van der Waals surface area contributed by atoms with E-state index in [0.717, 1.165) is 18.4 Å². The van der Waals surface area contributed by atoms with Gasteiger partial charge in [0.05, 0.1) is 11.2 Å². The molecule has 0 spiro atoms. The van der Waals surface area contributed by atoms with Crippen molar-refractivity contribution in [1.29, 1.82) is 0 Å². The van der Waals surface area contributed by atoms with Crippen LogP contribution in [0.2, 0.25) is 0 Å². The van der Waals surface area contributed by atoms with Crippen LogP contribution in [0.3, 0.4) is 0 Å². The summed E-state index contributed by atoms with van der Waals surface area (Å²) in [7, 11) is 1.93. The minimum absolute atomic E-state index is 0.301. The van der Waals surface area contributed by atoms with Gasteiger partial charge in [-0.3, -0.25) is 4.68 Å². The second-order valence-electron chi connectivity index (χ2n) is 8.04. The molecule has 5 nitrogen and oxygen atoms in total. The van der Waals surface area contributed by atoms with Gasteiger partial charge in [0.25, 0.3) is 0 Å². The van der Waals surface area contributed by atoms with Crippen molar-refractivity contribution in [1.82, 2.24) is 14.7 Å². The Labute approximate surface area is 140 Å². The van der Waals surface area contributed by atoms with Crippen LogP contribution >= 0.6 is 0 Å². The van der Waals surface area contributed by atoms with E-state index < -0.39 is 0 Å². The predicted octanol–water partition coefficient (Wildman–Crippen LogP) is 2.06. The number of hydrogen-bond donors (Lipinski definition) is 0. The van der Waals surface area contributed by atoms with Gasteiger partial charge in [-0.2, -0.15) is 5.10 Å². The summed E-state index contributed by atoms with van der Waals surface area (Å²) >= 11 is 0. The van der Waals surface area contributed by atoms with Gasteiger partial charge in [-0.05, 0) is 60.5 Å². The highest BCUT2D eigenvalue weighted by Gasteiger charge is 2.52. The third-order valence-corrected chi connectivity index (χ3v) is 5.79. The lowest BCUT2D eigenvalue weighted by Gasteiger charge is -2.32. The van der Waals surface area contributed by atoms with E-state index in [4.69, 9.17) is 9.31 Å². The average molecular weight is 319 g/mol. The van der Waals surface area contributed by atoms with Crippen LogP contribution < -0.4 is 5.46 Å². The first-order valence-electron chi connectivity index (χ1n) is 8.87. The quantitative estimate of drug-likeness (QED) is 0.797. The highest BCUT2D eigenvalue weighted by atomic mass is 16.7. The summed E-state index contributed by atoms with van der Waals surface area (Å²) in [4.78, 5) is 2.49. The number of aryl methyl sites for hydroxylation is 1. The van der Waals surface area contributed by atoms with Crippen molar-refractivity contribution in [2.24, 2.45) is 0 Å². The van der Waals surface area contributed by atoms with Crippen molar-refractivity contribution >= 4 is 12.6 Å². The predicted molar refractivity (Wildman–Crippen MR) is 92.8 cm³/mol. The summed E-state index contributed by atoms with van der Waals surface area (Å²) in [6.07, 6.45) is 9.11. The van der Waals surface area contributed by atoms with E-state index in [1.165, 1.54) is 25.8 Å². The summed E-state index contributed by atoms with van der Waals surface area (Å²) in [6, 6.07) is 0.688. The van der Waals surface area contributed by atoms with E-state index in [-0.39, 0.29) is 18.3 Å². The first kappa shape index (κ1) is 17.0. The molecule has 1 aromatic heterocycles. The maximum Gasteiger partial charge on any atom is 0.498 e. The Bertz CT molecular complexity index is 528. The van der Waals surface area contributed by atoms with Crippen LogP contribution in [0.25, 0.3) is 0 Å². The molecule has 3 heterocycles. The topological polar surface area (TPSA) is 39.5 Å². The van der Waals surface area contributed by atoms with Crippen LogP contribution in [0.15, 0.2) is 12.4 Å². The largest absolute Gasteiger partial charge is 0.498 e. The van der Waals surface area contributed by atoms with Crippen LogP contribution in [0.1, 0.15) is 53.4 Å². The molecule has 2 saturated heterocycles. The SMILES string of the molecule is CN1CCCC[C@@H]1CCn1cc(B2OC(C)(C)C(C)(C)O2)cn1. The maximum absolute atomic E-state index is 6.09. The minimum atomic E-state index is -0.314. The maximum atomic E-state index is 6.09. The van der Waals surface area contributed by atoms with Gasteiger partial charge in [0.1, 0.15) is 0 Å². The minimum Gasteiger partial charge on any atom is -0.399 e. The van der Waals surface area contributed by atoms with Crippen molar-refractivity contribution < 1.29 is 9.31 Å². The standard InChI is InChI=1S/C17H30BN3O2/c1-16(2)17(3,4)23-18(22-16)14-12-19-21(13-14)11-9-15-8-6-7-10-20(15)5/h12-13,15H,6-11H2,1-5H3/t15-/m1/s1. The molecule has 128 valence electrons. The Morgan fingerprint density at radius 3 is 2.57 bits per heavy atom. The summed E-state index contributed by atoms with van der Waals surface area (Å²) in [6.45, 7) is 10.5. The number of likely N-dealkylation sites (tertiary alicyclic amines) is 1. The number of nitrogens with zero attached hydrogens (tertiary/aromatic N) is 3. The molecule has 0 N–H and O–H groups in total. The zero-order valence-corrected chi connectivity index (χ0v) is 15.2. The second kappa shape index (κ2) is 6.23. The third-order valence-electron chi connectivity index (χ3n) is 5.79. The van der Waals surface area contributed by atoms with Gasteiger partial charge in [0.2, 0.25) is 0 Å². The van der Waals surface area contributed by atoms with E-state index in [1.54, 1.807) is 0 Å². The molecule has 0 unspecified atom stereocenters. The van der Waals surface area contributed by atoms with Gasteiger partial charge >= 0.3 is 7.12 Å². The highest BCUT2D eigenvalue weighted by Crippen LogP contribution is 2.36. The monoisotopic (exact) mass is 319 g/mol. The average Bonchev–Trinajstić information content (AvgIpc) is 3.01. The molecule has 0 aliphatic carbocycles. The lowest BCUT2D eigenvalue weighted by atomic mass is 9.82. The summed E-state index contributed by atoms with van der Waals surface area (Å²) in [5.41, 5.74) is 0.412. The molecular formula is C17H30BN3O2. The van der Waals surface area contributed by atoms with Crippen molar-refractivity contribution in [3.63, 3.8) is 0 Å². The molecular weight excluding hydrogens is 289 g/mol. The Morgan fingerprint density at radius 2 is 1.91 bits per heavy atom. The molecule has 6 heteroatoms. The molecule has 2 fully saturated rings. The van der Waals surface area contributed by atoms with Gasteiger partial charge in [0, 0.05) is 30.4 Å². The van der Waals surface area contributed by atoms with Gasteiger partial charge in [-0.15, -0.1) is 0 Å². The van der Waals surface area contributed by atoms with Crippen molar-refractivity contribution in [3.05, 3.63) is 12.4 Å². The zero-order valence-electron chi connectivity index (χ0n) is 15.2. The number of hydrogen-bond acceptors (Lipinski definition) is 4. The first-order valence-corrected chi connectivity index (χ1v) is 8.87. The molecule has 2 aliphatic rings. The van der Waals surface area contributed by atoms with Crippen LogP contribution in [-0.4, -0.2) is 52.6 Å². The fraction of sp³-hybridized carbons (Fsp3) is 0.824. The van der Waals surface area contributed by atoms with E-state index in [9.17, 15) is 0 Å². The lowest BCUT2D eigenvalue weighted by molar-refractivity contribution is 0.00578. The van der Waals surface area contributed by atoms with Crippen LogP contribution in [0.4, 0.5) is 0 Å².